The van der Waals surface area contributed by atoms with Gasteiger partial charge in [-0.3, -0.25) is 14.5 Å². The first-order chi connectivity index (χ1) is 19.1. The fraction of sp³-hybridized carbons (Fsp3) is 0.333. The Morgan fingerprint density at radius 3 is 2.45 bits per heavy atom. The predicted octanol–water partition coefficient (Wildman–Crippen LogP) is 4.54. The highest BCUT2D eigenvalue weighted by molar-refractivity contribution is 6.02. The van der Waals surface area contributed by atoms with Crippen LogP contribution in [0.5, 0.6) is 17.2 Å². The van der Waals surface area contributed by atoms with Gasteiger partial charge in [-0.25, -0.2) is 4.68 Å². The van der Waals surface area contributed by atoms with Gasteiger partial charge in [0.05, 0.1) is 26.3 Å². The molecule has 4 rings (SSSR count). The first kappa shape index (κ1) is 28.4. The van der Waals surface area contributed by atoms with Crippen LogP contribution in [-0.2, 0) is 16.1 Å². The summed E-state index contributed by atoms with van der Waals surface area (Å²) in [6, 6.07) is 18.6. The van der Waals surface area contributed by atoms with Gasteiger partial charge in [0.2, 0.25) is 11.8 Å². The molecule has 0 bridgehead atoms. The van der Waals surface area contributed by atoms with Crippen LogP contribution in [0.3, 0.4) is 0 Å². The van der Waals surface area contributed by atoms with Gasteiger partial charge in [0, 0.05) is 17.3 Å². The summed E-state index contributed by atoms with van der Waals surface area (Å²) >= 11 is 0. The SMILES string of the molecule is CCOc1ccc([C@@H](C(=O)NC(C)(C)C)N(C(=O)Cn2nnc3ccccc32)c2cccc(OC)c2)cc1OC. The van der Waals surface area contributed by atoms with E-state index in [2.05, 4.69) is 15.6 Å². The minimum Gasteiger partial charge on any atom is -0.497 e. The van der Waals surface area contributed by atoms with Crippen LogP contribution in [0.1, 0.15) is 39.3 Å². The second kappa shape index (κ2) is 12.1. The molecular weight excluding hydrogens is 510 g/mol. The average Bonchev–Trinajstić information content (AvgIpc) is 3.33. The molecule has 1 heterocycles. The van der Waals surface area contributed by atoms with Crippen molar-refractivity contribution >= 4 is 28.5 Å². The fourth-order valence-corrected chi connectivity index (χ4v) is 4.42. The van der Waals surface area contributed by atoms with Crippen LogP contribution in [-0.4, -0.2) is 53.2 Å². The minimum atomic E-state index is -1.06. The molecular formula is C30H35N5O5. The first-order valence-corrected chi connectivity index (χ1v) is 13.0. The van der Waals surface area contributed by atoms with Gasteiger partial charge in [0.25, 0.3) is 0 Å². The summed E-state index contributed by atoms with van der Waals surface area (Å²) in [7, 11) is 3.08. The lowest BCUT2D eigenvalue weighted by Gasteiger charge is -2.34. The number of nitrogens with one attached hydrogen (secondary N) is 1. The van der Waals surface area contributed by atoms with Crippen LogP contribution < -0.4 is 24.4 Å². The topological polar surface area (TPSA) is 108 Å². The number of ether oxygens (including phenoxy) is 3. The molecule has 4 aromatic rings. The number of nitrogens with zero attached hydrogens (tertiary/aromatic N) is 4. The number of fused-ring (bicyclic) bond motifs is 1. The molecule has 0 saturated carbocycles. The molecule has 0 spiro atoms. The number of benzene rings is 3. The van der Waals surface area contributed by atoms with Crippen LogP contribution in [0.4, 0.5) is 5.69 Å². The number of para-hydroxylation sites is 1. The molecule has 0 aliphatic rings. The Morgan fingerprint density at radius 1 is 0.975 bits per heavy atom. The molecule has 10 heteroatoms. The zero-order chi connectivity index (χ0) is 28.9. The van der Waals surface area contributed by atoms with Crippen LogP contribution in [0.15, 0.2) is 66.7 Å². The van der Waals surface area contributed by atoms with Crippen molar-refractivity contribution < 1.29 is 23.8 Å². The maximum atomic E-state index is 14.2. The highest BCUT2D eigenvalue weighted by Gasteiger charge is 2.35. The van der Waals surface area contributed by atoms with Gasteiger partial charge < -0.3 is 19.5 Å². The van der Waals surface area contributed by atoms with Crippen LogP contribution >= 0.6 is 0 Å². The van der Waals surface area contributed by atoms with Gasteiger partial charge in [-0.15, -0.1) is 5.10 Å². The number of carbonyl (C=O) groups is 2. The van der Waals surface area contributed by atoms with Gasteiger partial charge in [0.1, 0.15) is 23.9 Å². The third-order valence-electron chi connectivity index (χ3n) is 6.11. The Bertz CT molecular complexity index is 1490. The van der Waals surface area contributed by atoms with E-state index in [0.717, 1.165) is 0 Å². The normalized spacial score (nSPS) is 12.1. The smallest absolute Gasteiger partial charge is 0.249 e. The van der Waals surface area contributed by atoms with E-state index in [1.165, 1.54) is 16.7 Å². The number of carbonyl (C=O) groups excluding carboxylic acids is 2. The monoisotopic (exact) mass is 545 g/mol. The van der Waals surface area contributed by atoms with E-state index in [9.17, 15) is 9.59 Å². The molecule has 210 valence electrons. The summed E-state index contributed by atoms with van der Waals surface area (Å²) in [5, 5.41) is 11.4. The van der Waals surface area contributed by atoms with Gasteiger partial charge in [-0.2, -0.15) is 0 Å². The van der Waals surface area contributed by atoms with Crippen molar-refractivity contribution in [3.63, 3.8) is 0 Å². The fourth-order valence-electron chi connectivity index (χ4n) is 4.42. The van der Waals surface area contributed by atoms with Crippen LogP contribution in [0.25, 0.3) is 11.0 Å². The second-order valence-corrected chi connectivity index (χ2v) is 10.2. The lowest BCUT2D eigenvalue weighted by atomic mass is 10.00. The highest BCUT2D eigenvalue weighted by atomic mass is 16.5. The van der Waals surface area contributed by atoms with Crippen molar-refractivity contribution in [3.05, 3.63) is 72.3 Å². The third kappa shape index (κ3) is 6.33. The predicted molar refractivity (Wildman–Crippen MR) is 153 cm³/mol. The van der Waals surface area contributed by atoms with Crippen molar-refractivity contribution in [3.8, 4) is 17.2 Å². The zero-order valence-electron chi connectivity index (χ0n) is 23.7. The molecule has 40 heavy (non-hydrogen) atoms. The van der Waals surface area contributed by atoms with Crippen LogP contribution in [0, 0.1) is 0 Å². The molecule has 10 nitrogen and oxygen atoms in total. The molecule has 1 atom stereocenters. The Labute approximate surface area is 233 Å². The number of hydrogen-bond acceptors (Lipinski definition) is 7. The Hall–Kier alpha value is -4.60. The minimum absolute atomic E-state index is 0.148. The standard InChI is InChI=1S/C30H35N5O5/c1-7-40-25-16-15-20(17-26(25)39-6)28(29(37)31-30(2,3)4)35(21-11-10-12-22(18-21)38-5)27(36)19-34-24-14-9-8-13-23(24)32-33-34/h8-18,28H,7,19H2,1-6H3,(H,31,37)/t28-/m0/s1. The van der Waals surface area contributed by atoms with Crippen molar-refractivity contribution in [2.24, 2.45) is 0 Å². The van der Waals surface area contributed by atoms with Gasteiger partial charge in [0.15, 0.2) is 11.5 Å². The summed E-state index contributed by atoms with van der Waals surface area (Å²) in [6.07, 6.45) is 0. The summed E-state index contributed by atoms with van der Waals surface area (Å²) in [6.45, 7) is 7.85. The lowest BCUT2D eigenvalue weighted by molar-refractivity contribution is -0.128. The lowest BCUT2D eigenvalue weighted by Crippen LogP contribution is -2.50. The van der Waals surface area contributed by atoms with E-state index >= 15 is 0 Å². The quantitative estimate of drug-likeness (QED) is 0.312. The van der Waals surface area contributed by atoms with Crippen molar-refractivity contribution in [1.82, 2.24) is 20.3 Å². The largest absolute Gasteiger partial charge is 0.497 e. The second-order valence-electron chi connectivity index (χ2n) is 10.2. The maximum absolute atomic E-state index is 14.2. The third-order valence-corrected chi connectivity index (χ3v) is 6.11. The van der Waals surface area contributed by atoms with Crippen molar-refractivity contribution in [2.75, 3.05) is 25.7 Å². The molecule has 2 amide bonds. The van der Waals surface area contributed by atoms with Gasteiger partial charge >= 0.3 is 0 Å². The van der Waals surface area contributed by atoms with E-state index in [-0.39, 0.29) is 18.4 Å². The van der Waals surface area contributed by atoms with Crippen LogP contribution in [0.2, 0.25) is 0 Å². The average molecular weight is 546 g/mol. The van der Waals surface area contributed by atoms with Crippen molar-refractivity contribution in [2.45, 2.75) is 45.8 Å². The van der Waals surface area contributed by atoms with E-state index < -0.39 is 11.6 Å². The molecule has 0 aliphatic carbocycles. The first-order valence-electron chi connectivity index (χ1n) is 13.0. The number of hydrogen-bond donors (Lipinski definition) is 1. The number of methoxy groups -OCH3 is 2. The molecule has 3 aromatic carbocycles. The number of amides is 2. The molecule has 0 unspecified atom stereocenters. The highest BCUT2D eigenvalue weighted by Crippen LogP contribution is 2.36. The van der Waals surface area contributed by atoms with Gasteiger partial charge in [-0.05, 0) is 69.7 Å². The molecule has 0 saturated heterocycles. The molecule has 0 fully saturated rings. The van der Waals surface area contributed by atoms with E-state index in [1.54, 1.807) is 49.6 Å². The Morgan fingerprint density at radius 2 is 1.75 bits per heavy atom. The molecule has 0 aliphatic heterocycles. The van der Waals surface area contributed by atoms with E-state index in [1.807, 2.05) is 52.0 Å². The summed E-state index contributed by atoms with van der Waals surface area (Å²) in [4.78, 5) is 29.7. The van der Waals surface area contributed by atoms with Crippen molar-refractivity contribution in [1.29, 1.82) is 0 Å². The summed E-state index contributed by atoms with van der Waals surface area (Å²) in [5.41, 5.74) is 1.84. The maximum Gasteiger partial charge on any atom is 0.249 e. The Kier molecular flexibility index (Phi) is 8.57. The number of anilines is 1. The van der Waals surface area contributed by atoms with Gasteiger partial charge in [-0.1, -0.05) is 29.5 Å². The van der Waals surface area contributed by atoms with E-state index in [0.29, 0.717) is 46.1 Å². The summed E-state index contributed by atoms with van der Waals surface area (Å²) in [5.74, 6) is 0.801. The van der Waals surface area contributed by atoms with E-state index in [4.69, 9.17) is 14.2 Å². The summed E-state index contributed by atoms with van der Waals surface area (Å²) < 4.78 is 18.3. The molecule has 1 aromatic heterocycles. The zero-order valence-corrected chi connectivity index (χ0v) is 23.7. The molecule has 1 N–H and O–H groups in total. The Balaban J connectivity index is 1.87. The molecule has 0 radical (unpaired) electrons. The number of rotatable bonds is 10. The number of aromatic nitrogens is 3.